The third-order valence-electron chi connectivity index (χ3n) is 3.16. The number of nitrogens with zero attached hydrogens (tertiary/aromatic N) is 3. The summed E-state index contributed by atoms with van der Waals surface area (Å²) < 4.78 is 6.15. The minimum Gasteiger partial charge on any atom is -0.394 e. The molecule has 0 aromatic carbocycles. The predicted molar refractivity (Wildman–Crippen MR) is 64.5 cm³/mol. The molecule has 1 aliphatic rings. The number of aliphatic hydroxyl groups is 4. The van der Waals surface area contributed by atoms with Crippen LogP contribution in [0.1, 0.15) is 12.1 Å². The second-order valence-corrected chi connectivity index (χ2v) is 4.50. The van der Waals surface area contributed by atoms with E-state index in [1.54, 1.807) is 0 Å². The zero-order chi connectivity index (χ0) is 15.0. The molecule has 1 fully saturated rings. The van der Waals surface area contributed by atoms with Crippen molar-refractivity contribution in [2.45, 2.75) is 37.6 Å². The van der Waals surface area contributed by atoms with Crippen molar-refractivity contribution in [1.29, 1.82) is 0 Å². The van der Waals surface area contributed by atoms with Gasteiger partial charge in [-0.3, -0.25) is 4.57 Å². The van der Waals surface area contributed by atoms with Crippen LogP contribution in [0.5, 0.6) is 0 Å². The molecule has 0 bridgehead atoms. The molecule has 2 heterocycles. The smallest absolute Gasteiger partial charge is 0.354 e. The fourth-order valence-electron chi connectivity index (χ4n) is 2.12. The summed E-state index contributed by atoms with van der Waals surface area (Å²) in [5.41, 5.74) is 4.51. The van der Waals surface area contributed by atoms with E-state index in [0.29, 0.717) is 0 Å². The quantitative estimate of drug-likeness (QED) is 0.371. The molecule has 0 amide bonds. The Bertz CT molecular complexity index is 547. The molecule has 1 aromatic heterocycles. The molecule has 0 aliphatic carbocycles. The van der Waals surface area contributed by atoms with E-state index in [-0.39, 0.29) is 11.8 Å². The minimum absolute atomic E-state index is 0.117. The van der Waals surface area contributed by atoms with Crippen molar-refractivity contribution >= 4 is 5.95 Å². The van der Waals surface area contributed by atoms with E-state index in [1.165, 1.54) is 6.92 Å². The van der Waals surface area contributed by atoms with Crippen LogP contribution in [0.25, 0.3) is 0 Å². The number of nitrogen functional groups attached to an aromatic ring is 1. The molecule has 6 N–H and O–H groups in total. The summed E-state index contributed by atoms with van der Waals surface area (Å²) in [4.78, 5) is 19.0. The first kappa shape index (κ1) is 14.8. The number of hydrogen-bond donors (Lipinski definition) is 5. The lowest BCUT2D eigenvalue weighted by Crippen LogP contribution is -2.58. The van der Waals surface area contributed by atoms with E-state index < -0.39 is 42.9 Å². The molecule has 112 valence electrons. The van der Waals surface area contributed by atoms with E-state index in [4.69, 9.17) is 15.6 Å². The van der Waals surface area contributed by atoms with Gasteiger partial charge in [0.05, 0.1) is 6.61 Å². The zero-order valence-electron chi connectivity index (χ0n) is 10.6. The van der Waals surface area contributed by atoms with E-state index >= 15 is 0 Å². The summed E-state index contributed by atoms with van der Waals surface area (Å²) in [5.74, 6) is -0.111. The highest BCUT2D eigenvalue weighted by Gasteiger charge is 2.45. The van der Waals surface area contributed by atoms with Crippen LogP contribution in [-0.4, -0.2) is 66.0 Å². The lowest BCUT2D eigenvalue weighted by atomic mass is 9.98. The standard InChI is InChI=1S/C10H16N4O6/c1-3-12-9(11)13-10(19)14(3)8-7(18)6(17)5(16)4(2-15)20-8/h4-8,15-18H,2H2,1H3,(H2,11,13,19)/t4-,5-,6+,7+,8+/m1/s1. The normalized spacial score (nSPS) is 34.1. The Morgan fingerprint density at radius 2 is 1.90 bits per heavy atom. The van der Waals surface area contributed by atoms with Gasteiger partial charge < -0.3 is 30.9 Å². The first-order valence-electron chi connectivity index (χ1n) is 5.90. The Morgan fingerprint density at radius 3 is 2.45 bits per heavy atom. The van der Waals surface area contributed by atoms with Gasteiger partial charge >= 0.3 is 5.69 Å². The van der Waals surface area contributed by atoms with Gasteiger partial charge in [0.25, 0.3) is 0 Å². The number of aryl methyl sites for hydroxylation is 1. The Morgan fingerprint density at radius 1 is 1.25 bits per heavy atom. The Kier molecular flexibility index (Phi) is 4.01. The van der Waals surface area contributed by atoms with Crippen LogP contribution >= 0.6 is 0 Å². The molecular weight excluding hydrogens is 272 g/mol. The van der Waals surface area contributed by atoms with Crippen LogP contribution in [-0.2, 0) is 4.74 Å². The highest BCUT2D eigenvalue weighted by atomic mass is 16.6. The molecule has 0 saturated carbocycles. The Balaban J connectivity index is 2.44. The number of anilines is 1. The number of hydrogen-bond acceptors (Lipinski definition) is 9. The third kappa shape index (κ3) is 2.39. The molecule has 0 radical (unpaired) electrons. The average molecular weight is 288 g/mol. The van der Waals surface area contributed by atoms with Crippen LogP contribution in [0.3, 0.4) is 0 Å². The van der Waals surface area contributed by atoms with Gasteiger partial charge in [-0.25, -0.2) is 4.79 Å². The van der Waals surface area contributed by atoms with Crippen LogP contribution < -0.4 is 11.4 Å². The first-order chi connectivity index (χ1) is 9.36. The van der Waals surface area contributed by atoms with Crippen molar-refractivity contribution < 1.29 is 25.2 Å². The van der Waals surface area contributed by atoms with Crippen molar-refractivity contribution in [2.24, 2.45) is 0 Å². The van der Waals surface area contributed by atoms with Gasteiger partial charge in [0.1, 0.15) is 30.2 Å². The third-order valence-corrected chi connectivity index (χ3v) is 3.16. The first-order valence-corrected chi connectivity index (χ1v) is 5.90. The fraction of sp³-hybridized carbons (Fsp3) is 0.700. The van der Waals surface area contributed by atoms with Crippen molar-refractivity contribution in [3.63, 3.8) is 0 Å². The van der Waals surface area contributed by atoms with Gasteiger partial charge in [-0.05, 0) is 6.92 Å². The van der Waals surface area contributed by atoms with Crippen molar-refractivity contribution in [3.05, 3.63) is 16.3 Å². The van der Waals surface area contributed by atoms with E-state index in [9.17, 15) is 20.1 Å². The summed E-state index contributed by atoms with van der Waals surface area (Å²) in [7, 11) is 0. The Hall–Kier alpha value is -1.59. The second-order valence-electron chi connectivity index (χ2n) is 4.50. The number of rotatable bonds is 2. The van der Waals surface area contributed by atoms with E-state index in [0.717, 1.165) is 4.57 Å². The molecule has 1 saturated heterocycles. The monoisotopic (exact) mass is 288 g/mol. The minimum atomic E-state index is -1.59. The predicted octanol–water partition coefficient (Wildman–Crippen LogP) is -3.50. The molecule has 5 atom stereocenters. The SMILES string of the molecule is Cc1nc(N)nc(=O)n1[C@H]1O[C@H](CO)[C@@H](O)[C@H](O)[C@@H]1O. The van der Waals surface area contributed by atoms with Crippen LogP contribution in [0.2, 0.25) is 0 Å². The van der Waals surface area contributed by atoms with Crippen LogP contribution in [0.4, 0.5) is 5.95 Å². The summed E-state index contributed by atoms with van der Waals surface area (Å²) >= 11 is 0. The summed E-state index contributed by atoms with van der Waals surface area (Å²) in [5, 5.41) is 38.4. The van der Waals surface area contributed by atoms with Gasteiger partial charge in [-0.2, -0.15) is 9.97 Å². The molecule has 1 aliphatic heterocycles. The van der Waals surface area contributed by atoms with E-state index in [1.807, 2.05) is 0 Å². The topological polar surface area (TPSA) is 164 Å². The van der Waals surface area contributed by atoms with Crippen LogP contribution in [0.15, 0.2) is 4.79 Å². The van der Waals surface area contributed by atoms with E-state index in [2.05, 4.69) is 9.97 Å². The Labute approximate surface area is 113 Å². The molecule has 10 heteroatoms. The molecule has 0 spiro atoms. The van der Waals surface area contributed by atoms with Gasteiger partial charge in [0.2, 0.25) is 5.95 Å². The summed E-state index contributed by atoms with van der Waals surface area (Å²) in [6, 6.07) is 0. The molecule has 20 heavy (non-hydrogen) atoms. The largest absolute Gasteiger partial charge is 0.394 e. The summed E-state index contributed by atoms with van der Waals surface area (Å²) in [6.07, 6.45) is -7.14. The average Bonchev–Trinajstić information content (AvgIpc) is 2.37. The molecule has 0 unspecified atom stereocenters. The highest BCUT2D eigenvalue weighted by Crippen LogP contribution is 2.27. The molecule has 1 aromatic rings. The number of aliphatic hydroxyl groups excluding tert-OH is 4. The molecule has 2 rings (SSSR count). The summed E-state index contributed by atoms with van der Waals surface area (Å²) in [6.45, 7) is 0.853. The lowest BCUT2D eigenvalue weighted by Gasteiger charge is -2.40. The number of aromatic nitrogens is 3. The van der Waals surface area contributed by atoms with Crippen molar-refractivity contribution in [3.8, 4) is 0 Å². The van der Waals surface area contributed by atoms with Gasteiger partial charge in [0, 0.05) is 0 Å². The maximum atomic E-state index is 11.8. The maximum Gasteiger partial charge on any atom is 0.354 e. The molecule has 10 nitrogen and oxygen atoms in total. The van der Waals surface area contributed by atoms with Crippen molar-refractivity contribution in [2.75, 3.05) is 12.3 Å². The van der Waals surface area contributed by atoms with Gasteiger partial charge in [-0.1, -0.05) is 0 Å². The zero-order valence-corrected chi connectivity index (χ0v) is 10.6. The van der Waals surface area contributed by atoms with Gasteiger partial charge in [0.15, 0.2) is 6.23 Å². The molecular formula is C10H16N4O6. The number of ether oxygens (including phenoxy) is 1. The maximum absolute atomic E-state index is 11.8. The fourth-order valence-corrected chi connectivity index (χ4v) is 2.12. The number of nitrogens with two attached hydrogens (primary N) is 1. The van der Waals surface area contributed by atoms with Crippen LogP contribution in [0, 0.1) is 6.92 Å². The van der Waals surface area contributed by atoms with Crippen molar-refractivity contribution in [1.82, 2.24) is 14.5 Å². The second kappa shape index (κ2) is 5.42. The lowest BCUT2D eigenvalue weighted by molar-refractivity contribution is -0.252. The highest BCUT2D eigenvalue weighted by molar-refractivity contribution is 5.13. The van der Waals surface area contributed by atoms with Gasteiger partial charge in [-0.15, -0.1) is 0 Å².